The molecule has 1 heterocycles. The molecule has 0 saturated carbocycles. The van der Waals surface area contributed by atoms with Crippen LogP contribution < -0.4 is 10.5 Å². The molecule has 0 aliphatic rings. The maximum Gasteiger partial charge on any atom is 0.310 e. The maximum atomic E-state index is 12.0. The number of ether oxygens (including phenoxy) is 2. The average Bonchev–Trinajstić information content (AvgIpc) is 3.27. The molecule has 0 unspecified atom stereocenters. The van der Waals surface area contributed by atoms with E-state index in [0.717, 1.165) is 27.8 Å². The summed E-state index contributed by atoms with van der Waals surface area (Å²) >= 11 is 0. The van der Waals surface area contributed by atoms with E-state index in [1.54, 1.807) is 0 Å². The molecule has 0 spiro atoms. The second-order valence-corrected chi connectivity index (χ2v) is 8.68. The van der Waals surface area contributed by atoms with Crippen LogP contribution in [0.3, 0.4) is 0 Å². The Morgan fingerprint density at radius 1 is 1.00 bits per heavy atom. The molecule has 0 saturated heterocycles. The van der Waals surface area contributed by atoms with Crippen LogP contribution in [-0.4, -0.2) is 17.1 Å². The molecule has 0 bridgehead atoms. The van der Waals surface area contributed by atoms with Gasteiger partial charge >= 0.3 is 5.97 Å². The average molecular weight is 457 g/mol. The van der Waals surface area contributed by atoms with Crippen molar-refractivity contribution >= 4 is 16.9 Å². The molecule has 0 fully saturated rings. The highest BCUT2D eigenvalue weighted by molar-refractivity contribution is 5.96. The number of rotatable bonds is 9. The molecule has 5 nitrogen and oxygen atoms in total. The third-order valence-electron chi connectivity index (χ3n) is 5.94. The Bertz CT molecular complexity index is 1290. The van der Waals surface area contributed by atoms with Crippen LogP contribution in [0.4, 0.5) is 0 Å². The molecule has 4 aromatic rings. The summed E-state index contributed by atoms with van der Waals surface area (Å²) in [6.45, 7) is 7.44. The lowest BCUT2D eigenvalue weighted by molar-refractivity contribution is -0.142. The fraction of sp³-hybridized carbons (Fsp3) is 0.276. The molecule has 0 aliphatic heterocycles. The fourth-order valence-corrected chi connectivity index (χ4v) is 4.28. The Morgan fingerprint density at radius 2 is 1.82 bits per heavy atom. The van der Waals surface area contributed by atoms with Gasteiger partial charge in [0.2, 0.25) is 0 Å². The Labute approximate surface area is 201 Å². The number of carbonyl (C=O) groups excluding carboxylic acids is 1. The minimum Gasteiger partial charge on any atom is -0.489 e. The largest absolute Gasteiger partial charge is 0.489 e. The van der Waals surface area contributed by atoms with E-state index in [4.69, 9.17) is 15.2 Å². The van der Waals surface area contributed by atoms with Crippen molar-refractivity contribution in [1.82, 2.24) is 4.57 Å². The summed E-state index contributed by atoms with van der Waals surface area (Å²) in [7, 11) is 0. The van der Waals surface area contributed by atoms with Gasteiger partial charge in [0.1, 0.15) is 12.4 Å². The molecule has 176 valence electrons. The van der Waals surface area contributed by atoms with Crippen LogP contribution >= 0.6 is 0 Å². The first-order valence-corrected chi connectivity index (χ1v) is 11.8. The van der Waals surface area contributed by atoms with E-state index in [2.05, 4.69) is 61.0 Å². The van der Waals surface area contributed by atoms with Crippen molar-refractivity contribution in [2.24, 2.45) is 5.73 Å². The Kier molecular flexibility index (Phi) is 7.33. The first-order chi connectivity index (χ1) is 16.5. The molecule has 0 radical (unpaired) electrons. The normalized spacial score (nSPS) is 11.2. The predicted molar refractivity (Wildman–Crippen MR) is 137 cm³/mol. The summed E-state index contributed by atoms with van der Waals surface area (Å²) in [6.07, 6.45) is 2.33. The summed E-state index contributed by atoms with van der Waals surface area (Å²) < 4.78 is 13.6. The van der Waals surface area contributed by atoms with Gasteiger partial charge in [0.15, 0.2) is 0 Å². The van der Waals surface area contributed by atoms with E-state index in [0.29, 0.717) is 31.5 Å². The van der Waals surface area contributed by atoms with Gasteiger partial charge in [0.25, 0.3) is 0 Å². The van der Waals surface area contributed by atoms with Crippen LogP contribution in [0.2, 0.25) is 0 Å². The number of esters is 1. The van der Waals surface area contributed by atoms with Crippen molar-refractivity contribution in [2.45, 2.75) is 46.4 Å². The van der Waals surface area contributed by atoms with Crippen LogP contribution in [-0.2, 0) is 29.1 Å². The van der Waals surface area contributed by atoms with E-state index in [-0.39, 0.29) is 12.4 Å². The summed E-state index contributed by atoms with van der Waals surface area (Å²) in [4.78, 5) is 12.0. The van der Waals surface area contributed by atoms with Gasteiger partial charge in [-0.05, 0) is 73.4 Å². The number of para-hydroxylation sites is 1. The first-order valence-electron chi connectivity index (χ1n) is 11.8. The molecule has 1 aromatic heterocycles. The lowest BCUT2D eigenvalue weighted by Crippen LogP contribution is -2.09. The van der Waals surface area contributed by atoms with Crippen LogP contribution in [0.1, 0.15) is 43.5 Å². The Balaban J connectivity index is 1.70. The van der Waals surface area contributed by atoms with E-state index >= 15 is 0 Å². The zero-order chi connectivity index (χ0) is 24.1. The molecule has 34 heavy (non-hydrogen) atoms. The minimum absolute atomic E-state index is 0.191. The maximum absolute atomic E-state index is 12.0. The van der Waals surface area contributed by atoms with Gasteiger partial charge < -0.3 is 19.8 Å². The van der Waals surface area contributed by atoms with Gasteiger partial charge in [0, 0.05) is 35.2 Å². The predicted octanol–water partition coefficient (Wildman–Crippen LogP) is 6.03. The van der Waals surface area contributed by atoms with Crippen molar-refractivity contribution in [3.8, 4) is 16.9 Å². The van der Waals surface area contributed by atoms with Crippen molar-refractivity contribution in [3.05, 3.63) is 89.6 Å². The summed E-state index contributed by atoms with van der Waals surface area (Å²) in [5, 5.41) is 1.20. The standard InChI is InChI=1S/C29H32N2O3/c1-4-33-29(32)17-24-9-5-6-11-28(24)34-19-22-15-26(23-10-7-8-21(14-23)18-30)25-12-13-31(20(2)3)27(25)16-22/h5-16,20H,4,17-19,30H2,1-3H3. The van der Waals surface area contributed by atoms with Gasteiger partial charge in [-0.1, -0.05) is 36.4 Å². The monoisotopic (exact) mass is 456 g/mol. The fourth-order valence-electron chi connectivity index (χ4n) is 4.28. The van der Waals surface area contributed by atoms with Crippen LogP contribution in [0.25, 0.3) is 22.0 Å². The number of nitrogens with zero attached hydrogens (tertiary/aromatic N) is 1. The van der Waals surface area contributed by atoms with Crippen LogP contribution in [0.5, 0.6) is 5.75 Å². The van der Waals surface area contributed by atoms with Gasteiger partial charge in [-0.25, -0.2) is 0 Å². The van der Waals surface area contributed by atoms with Crippen LogP contribution in [0, 0.1) is 0 Å². The van der Waals surface area contributed by atoms with E-state index < -0.39 is 0 Å². The third kappa shape index (κ3) is 5.15. The zero-order valence-corrected chi connectivity index (χ0v) is 20.1. The highest BCUT2D eigenvalue weighted by Crippen LogP contribution is 2.33. The molecule has 5 heteroatoms. The van der Waals surface area contributed by atoms with E-state index in [9.17, 15) is 4.79 Å². The molecule has 0 aliphatic carbocycles. The molecule has 0 amide bonds. The van der Waals surface area contributed by atoms with Gasteiger partial charge in [-0.2, -0.15) is 0 Å². The highest BCUT2D eigenvalue weighted by atomic mass is 16.5. The lowest BCUT2D eigenvalue weighted by atomic mass is 9.97. The summed E-state index contributed by atoms with van der Waals surface area (Å²) in [6, 6.07) is 22.9. The second kappa shape index (κ2) is 10.6. The van der Waals surface area contributed by atoms with E-state index in [1.807, 2.05) is 37.3 Å². The number of hydrogen-bond donors (Lipinski definition) is 1. The summed E-state index contributed by atoms with van der Waals surface area (Å²) in [5.41, 5.74) is 12.4. The second-order valence-electron chi connectivity index (χ2n) is 8.68. The molecule has 2 N–H and O–H groups in total. The molecule has 0 atom stereocenters. The minimum atomic E-state index is -0.253. The van der Waals surface area contributed by atoms with Gasteiger partial charge in [-0.3, -0.25) is 4.79 Å². The summed E-state index contributed by atoms with van der Waals surface area (Å²) in [5.74, 6) is 0.443. The van der Waals surface area contributed by atoms with Gasteiger partial charge in [-0.15, -0.1) is 0 Å². The number of fused-ring (bicyclic) bond motifs is 1. The lowest BCUT2D eigenvalue weighted by Gasteiger charge is -2.15. The highest BCUT2D eigenvalue weighted by Gasteiger charge is 2.14. The molecular formula is C29H32N2O3. The first kappa shape index (κ1) is 23.6. The van der Waals surface area contributed by atoms with Gasteiger partial charge in [0.05, 0.1) is 13.0 Å². The quantitative estimate of drug-likeness (QED) is 0.312. The third-order valence-corrected chi connectivity index (χ3v) is 5.94. The zero-order valence-electron chi connectivity index (χ0n) is 20.1. The topological polar surface area (TPSA) is 66.5 Å². The SMILES string of the molecule is CCOC(=O)Cc1ccccc1OCc1cc(-c2cccc(CN)c2)c2ccn(C(C)C)c2c1. The number of carbonyl (C=O) groups is 1. The Morgan fingerprint density at radius 3 is 2.59 bits per heavy atom. The smallest absolute Gasteiger partial charge is 0.310 e. The number of aromatic nitrogens is 1. The van der Waals surface area contributed by atoms with Crippen molar-refractivity contribution < 1.29 is 14.3 Å². The molecule has 4 rings (SSSR count). The number of hydrogen-bond acceptors (Lipinski definition) is 4. The number of nitrogens with two attached hydrogens (primary N) is 1. The van der Waals surface area contributed by atoms with Crippen molar-refractivity contribution in [1.29, 1.82) is 0 Å². The van der Waals surface area contributed by atoms with E-state index in [1.165, 1.54) is 10.9 Å². The van der Waals surface area contributed by atoms with Crippen molar-refractivity contribution in [2.75, 3.05) is 6.61 Å². The molecule has 3 aromatic carbocycles. The van der Waals surface area contributed by atoms with Crippen LogP contribution in [0.15, 0.2) is 72.9 Å². The molecular weight excluding hydrogens is 424 g/mol. The Hall–Kier alpha value is -3.57. The van der Waals surface area contributed by atoms with Crippen molar-refractivity contribution in [3.63, 3.8) is 0 Å². The number of benzene rings is 3.